The van der Waals surface area contributed by atoms with E-state index in [0.29, 0.717) is 5.88 Å². The molecule has 0 aliphatic carbocycles. The van der Waals surface area contributed by atoms with Crippen molar-refractivity contribution in [3.63, 3.8) is 0 Å². The summed E-state index contributed by atoms with van der Waals surface area (Å²) in [5.74, 6) is 0.700. The van der Waals surface area contributed by atoms with Gasteiger partial charge in [0.25, 0.3) is 0 Å². The van der Waals surface area contributed by atoms with Crippen molar-refractivity contribution in [3.8, 4) is 0 Å². The van der Waals surface area contributed by atoms with Crippen molar-refractivity contribution >= 4 is 20.2 Å². The van der Waals surface area contributed by atoms with Crippen molar-refractivity contribution in [2.75, 3.05) is 20.1 Å². The van der Waals surface area contributed by atoms with Crippen LogP contribution >= 0.6 is 11.6 Å². The molecule has 0 fully saturated rings. The number of halogens is 1. The summed E-state index contributed by atoms with van der Waals surface area (Å²) in [5, 5.41) is 0. The molecule has 0 aliphatic rings. The van der Waals surface area contributed by atoms with Crippen LogP contribution in [0.25, 0.3) is 0 Å². The molecule has 0 N–H and O–H groups in total. The fourth-order valence-corrected chi connectivity index (χ4v) is 4.40. The van der Waals surface area contributed by atoms with Gasteiger partial charge in [-0.25, -0.2) is 0 Å². The van der Waals surface area contributed by atoms with Gasteiger partial charge in [-0.15, -0.1) is 11.6 Å². The molecule has 0 spiro atoms. The first-order chi connectivity index (χ1) is 5.74. The minimum atomic E-state index is -1.85. The maximum atomic E-state index is 5.63. The van der Waals surface area contributed by atoms with Gasteiger partial charge >= 0.3 is 8.56 Å². The van der Waals surface area contributed by atoms with Crippen molar-refractivity contribution in [1.29, 1.82) is 0 Å². The Labute approximate surface area is 81.5 Å². The third-order valence-corrected chi connectivity index (χ3v) is 6.20. The predicted octanol–water partition coefficient (Wildman–Crippen LogP) is 2.76. The Hall–Kier alpha value is 0.427. The molecular weight excluding hydrogens is 192 g/mol. The monoisotopic (exact) mass is 210 g/mol. The van der Waals surface area contributed by atoms with E-state index in [-0.39, 0.29) is 0 Å². The van der Waals surface area contributed by atoms with Gasteiger partial charge < -0.3 is 8.85 Å². The second-order valence-corrected chi connectivity index (χ2v) is 6.88. The number of hydrogen-bond donors (Lipinski definition) is 0. The number of rotatable bonds is 7. The fraction of sp³-hybridized carbons (Fsp3) is 1.00. The highest BCUT2D eigenvalue weighted by molar-refractivity contribution is 6.67. The molecule has 0 aromatic carbocycles. The normalized spacial score (nSPS) is 12.0. The number of hydrogen-bond acceptors (Lipinski definition) is 2. The number of alkyl halides is 1. The molecule has 0 unspecified atom stereocenters. The molecule has 0 atom stereocenters. The van der Waals surface area contributed by atoms with Crippen LogP contribution in [0.3, 0.4) is 0 Å². The second-order valence-electron chi connectivity index (χ2n) is 2.86. The van der Waals surface area contributed by atoms with Gasteiger partial charge in [-0.2, -0.15) is 0 Å². The average Bonchev–Trinajstić information content (AvgIpc) is 2.13. The molecule has 0 rings (SSSR count). The highest BCUT2D eigenvalue weighted by atomic mass is 35.5. The maximum Gasteiger partial charge on any atom is 0.337 e. The van der Waals surface area contributed by atoms with Gasteiger partial charge in [-0.3, -0.25) is 0 Å². The lowest BCUT2D eigenvalue weighted by atomic mass is 10.6. The first-order valence-electron chi connectivity index (χ1n) is 4.41. The van der Waals surface area contributed by atoms with Crippen LogP contribution in [0.1, 0.15) is 19.8 Å². The summed E-state index contributed by atoms with van der Waals surface area (Å²) in [6.45, 7) is 2.15. The Morgan fingerprint density at radius 3 is 2.08 bits per heavy atom. The van der Waals surface area contributed by atoms with Crippen molar-refractivity contribution in [3.05, 3.63) is 0 Å². The van der Waals surface area contributed by atoms with Crippen molar-refractivity contribution in [2.24, 2.45) is 0 Å². The molecule has 0 aromatic heterocycles. The lowest BCUT2D eigenvalue weighted by Gasteiger charge is -2.26. The minimum absolute atomic E-state index is 0.700. The van der Waals surface area contributed by atoms with Crippen LogP contribution in [-0.2, 0) is 8.85 Å². The van der Waals surface area contributed by atoms with Gasteiger partial charge in [0.05, 0.1) is 0 Å². The second kappa shape index (κ2) is 6.89. The van der Waals surface area contributed by atoms with Crippen molar-refractivity contribution < 1.29 is 8.85 Å². The van der Waals surface area contributed by atoms with E-state index in [9.17, 15) is 0 Å². The zero-order valence-electron chi connectivity index (χ0n) is 8.23. The Morgan fingerprint density at radius 2 is 1.75 bits per heavy atom. The zero-order valence-corrected chi connectivity index (χ0v) is 9.99. The molecule has 0 aromatic rings. The summed E-state index contributed by atoms with van der Waals surface area (Å²) >= 11 is 5.63. The van der Waals surface area contributed by atoms with E-state index >= 15 is 0 Å². The van der Waals surface area contributed by atoms with Crippen LogP contribution in [0.4, 0.5) is 0 Å². The van der Waals surface area contributed by atoms with Gasteiger partial charge in [-0.1, -0.05) is 13.3 Å². The molecule has 0 bridgehead atoms. The first kappa shape index (κ1) is 12.4. The summed E-state index contributed by atoms with van der Waals surface area (Å²) in [6, 6.07) is 2.08. The van der Waals surface area contributed by atoms with Gasteiger partial charge in [-0.05, 0) is 18.5 Å². The van der Waals surface area contributed by atoms with Gasteiger partial charge in [0.15, 0.2) is 0 Å². The summed E-state index contributed by atoms with van der Waals surface area (Å²) in [5.41, 5.74) is 0. The summed E-state index contributed by atoms with van der Waals surface area (Å²) in [7, 11) is 1.65. The fourth-order valence-electron chi connectivity index (χ4n) is 1.33. The maximum absolute atomic E-state index is 5.63. The average molecular weight is 211 g/mol. The van der Waals surface area contributed by atoms with Gasteiger partial charge in [0, 0.05) is 20.1 Å². The molecule has 0 saturated carbocycles. The minimum Gasteiger partial charge on any atom is -0.398 e. The largest absolute Gasteiger partial charge is 0.398 e. The smallest absolute Gasteiger partial charge is 0.337 e. The van der Waals surface area contributed by atoms with Crippen molar-refractivity contribution in [1.82, 2.24) is 0 Å². The van der Waals surface area contributed by atoms with E-state index in [1.165, 1.54) is 0 Å². The SMILES string of the molecule is CCC[Si](CCCCl)(OC)OC. The van der Waals surface area contributed by atoms with E-state index in [1.807, 2.05) is 0 Å². The molecule has 0 amide bonds. The molecular formula is C8H19ClO2Si. The van der Waals surface area contributed by atoms with Gasteiger partial charge in [0.1, 0.15) is 0 Å². The molecule has 0 aliphatic heterocycles. The van der Waals surface area contributed by atoms with Crippen molar-refractivity contribution in [2.45, 2.75) is 31.9 Å². The summed E-state index contributed by atoms with van der Waals surface area (Å²) in [6.07, 6.45) is 2.12. The van der Waals surface area contributed by atoms with E-state index in [1.54, 1.807) is 14.2 Å². The summed E-state index contributed by atoms with van der Waals surface area (Å²) < 4.78 is 11.0. The van der Waals surface area contributed by atoms with E-state index in [0.717, 1.165) is 24.9 Å². The molecule has 0 saturated heterocycles. The third kappa shape index (κ3) is 3.89. The Morgan fingerprint density at radius 1 is 1.17 bits per heavy atom. The first-order valence-corrected chi connectivity index (χ1v) is 7.17. The third-order valence-electron chi connectivity index (χ3n) is 2.07. The van der Waals surface area contributed by atoms with Crippen LogP contribution in [0.2, 0.25) is 12.1 Å². The molecule has 4 heteroatoms. The molecule has 0 heterocycles. The van der Waals surface area contributed by atoms with Crippen LogP contribution in [-0.4, -0.2) is 28.7 Å². The van der Waals surface area contributed by atoms with Crippen LogP contribution < -0.4 is 0 Å². The topological polar surface area (TPSA) is 18.5 Å². The molecule has 74 valence electrons. The van der Waals surface area contributed by atoms with Crippen LogP contribution in [0.5, 0.6) is 0 Å². The van der Waals surface area contributed by atoms with Gasteiger partial charge in [0.2, 0.25) is 0 Å². The Balaban J connectivity index is 3.95. The quantitative estimate of drug-likeness (QED) is 0.475. The summed E-state index contributed by atoms with van der Waals surface area (Å²) in [4.78, 5) is 0. The Kier molecular flexibility index (Phi) is 7.14. The predicted molar refractivity (Wildman–Crippen MR) is 55.0 cm³/mol. The molecule has 2 nitrogen and oxygen atoms in total. The van der Waals surface area contributed by atoms with Crippen LogP contribution in [0.15, 0.2) is 0 Å². The highest BCUT2D eigenvalue weighted by Crippen LogP contribution is 2.21. The standard InChI is InChI=1S/C8H19ClO2Si/c1-4-7-12(10-2,11-3)8-5-6-9/h4-8H2,1-3H3. The lowest BCUT2D eigenvalue weighted by molar-refractivity contribution is 0.240. The zero-order chi connectivity index (χ0) is 9.45. The lowest BCUT2D eigenvalue weighted by Crippen LogP contribution is -2.39. The molecule has 12 heavy (non-hydrogen) atoms. The van der Waals surface area contributed by atoms with E-state index in [2.05, 4.69) is 6.92 Å². The van der Waals surface area contributed by atoms with E-state index < -0.39 is 8.56 Å². The molecule has 0 radical (unpaired) electrons. The van der Waals surface area contributed by atoms with Crippen LogP contribution in [0, 0.1) is 0 Å². The van der Waals surface area contributed by atoms with E-state index in [4.69, 9.17) is 20.5 Å². The highest BCUT2D eigenvalue weighted by Gasteiger charge is 2.33. The Bertz CT molecular complexity index is 107.